The van der Waals surface area contributed by atoms with Gasteiger partial charge >= 0.3 is 0 Å². The summed E-state index contributed by atoms with van der Waals surface area (Å²) in [7, 11) is 0. The number of hydrogen-bond donors (Lipinski definition) is 1. The molecule has 16 heavy (non-hydrogen) atoms. The van der Waals surface area contributed by atoms with Crippen molar-refractivity contribution in [2.45, 2.75) is 19.4 Å². The summed E-state index contributed by atoms with van der Waals surface area (Å²) in [6, 6.07) is 3.91. The highest BCUT2D eigenvalue weighted by Crippen LogP contribution is 2.28. The smallest absolute Gasteiger partial charge is 0.269 e. The zero-order valence-corrected chi connectivity index (χ0v) is 9.70. The summed E-state index contributed by atoms with van der Waals surface area (Å²) in [5.74, 6) is 0. The molecule has 0 heterocycles. The lowest BCUT2D eigenvalue weighted by atomic mass is 10.0. The van der Waals surface area contributed by atoms with Crippen LogP contribution in [0.4, 0.5) is 5.69 Å². The average Bonchev–Trinajstić information content (AvgIpc) is 2.16. The second kappa shape index (κ2) is 5.09. The van der Waals surface area contributed by atoms with Gasteiger partial charge in [0.25, 0.3) is 5.69 Å². The van der Waals surface area contributed by atoms with Crippen LogP contribution in [0.25, 0.3) is 0 Å². The summed E-state index contributed by atoms with van der Waals surface area (Å²) in [6.07, 6.45) is 0.556. The van der Waals surface area contributed by atoms with Crippen molar-refractivity contribution in [2.24, 2.45) is 5.73 Å². The molecule has 0 aromatic heterocycles. The fourth-order valence-electron chi connectivity index (χ4n) is 1.41. The Balaban J connectivity index is 3.06. The molecule has 0 saturated carbocycles. The van der Waals surface area contributed by atoms with E-state index in [1.54, 1.807) is 0 Å². The number of nitro groups is 1. The number of benzene rings is 1. The van der Waals surface area contributed by atoms with Gasteiger partial charge in [-0.1, -0.05) is 17.2 Å². The van der Waals surface area contributed by atoms with Gasteiger partial charge in [-0.05, 0) is 25.0 Å². The van der Waals surface area contributed by atoms with Gasteiger partial charge in [0.15, 0.2) is 0 Å². The number of hydrogen-bond acceptors (Lipinski definition) is 3. The normalized spacial score (nSPS) is 12.2. The van der Waals surface area contributed by atoms with Gasteiger partial charge in [-0.2, -0.15) is 0 Å². The summed E-state index contributed by atoms with van der Waals surface area (Å²) in [5.41, 5.74) is 7.39. The molecule has 4 nitrogen and oxygen atoms in total. The molecule has 1 aromatic carbocycles. The highest BCUT2D eigenvalue weighted by molar-refractivity contribution is 6.31. The molecule has 0 fully saturated rings. The molecule has 0 spiro atoms. The molecule has 0 aliphatic heterocycles. The minimum atomic E-state index is -0.465. The third-order valence-corrected chi connectivity index (χ3v) is 2.50. The molecule has 1 rings (SSSR count). The second-order valence-corrected chi connectivity index (χ2v) is 4.14. The van der Waals surface area contributed by atoms with Gasteiger partial charge in [0.05, 0.1) is 4.92 Å². The Morgan fingerprint density at radius 3 is 2.81 bits per heavy atom. The van der Waals surface area contributed by atoms with Crippen LogP contribution in [0.15, 0.2) is 30.4 Å². The Kier molecular flexibility index (Phi) is 4.04. The van der Waals surface area contributed by atoms with Crippen LogP contribution < -0.4 is 5.73 Å². The minimum Gasteiger partial charge on any atom is -0.324 e. The van der Waals surface area contributed by atoms with Crippen molar-refractivity contribution in [3.8, 4) is 0 Å². The van der Waals surface area contributed by atoms with Crippen molar-refractivity contribution in [2.75, 3.05) is 0 Å². The summed E-state index contributed by atoms with van der Waals surface area (Å²) < 4.78 is 0. The summed E-state index contributed by atoms with van der Waals surface area (Å²) in [5, 5.41) is 11.1. The van der Waals surface area contributed by atoms with E-state index in [1.807, 2.05) is 6.92 Å². The van der Waals surface area contributed by atoms with E-state index in [-0.39, 0.29) is 11.7 Å². The highest BCUT2D eigenvalue weighted by atomic mass is 35.5. The number of non-ortho nitro benzene ring substituents is 1. The third kappa shape index (κ3) is 3.05. The molecular formula is C11H13ClN2O2. The number of rotatable bonds is 4. The van der Waals surface area contributed by atoms with Crippen LogP contribution in [-0.4, -0.2) is 4.92 Å². The van der Waals surface area contributed by atoms with E-state index >= 15 is 0 Å². The van der Waals surface area contributed by atoms with Crippen LogP contribution in [0.5, 0.6) is 0 Å². The molecule has 1 atom stereocenters. The van der Waals surface area contributed by atoms with Gasteiger partial charge < -0.3 is 5.73 Å². The fraction of sp³-hybridized carbons (Fsp3) is 0.273. The number of nitrogens with two attached hydrogens (primary N) is 1. The SMILES string of the molecule is C=C(C)C[C@H](N)c1cc([N+](=O)[O-])ccc1Cl. The van der Waals surface area contributed by atoms with Crippen molar-refractivity contribution in [3.63, 3.8) is 0 Å². The minimum absolute atomic E-state index is 0.00318. The van der Waals surface area contributed by atoms with Gasteiger partial charge in [-0.3, -0.25) is 10.1 Å². The quantitative estimate of drug-likeness (QED) is 0.499. The molecule has 5 heteroatoms. The number of nitro benzene ring substituents is 1. The van der Waals surface area contributed by atoms with Gasteiger partial charge in [0, 0.05) is 23.2 Å². The molecule has 1 aromatic rings. The Hall–Kier alpha value is -1.39. The lowest BCUT2D eigenvalue weighted by molar-refractivity contribution is -0.384. The van der Waals surface area contributed by atoms with Crippen LogP contribution in [0.1, 0.15) is 24.9 Å². The van der Waals surface area contributed by atoms with Gasteiger partial charge in [0.2, 0.25) is 0 Å². The zero-order valence-electron chi connectivity index (χ0n) is 8.94. The maximum absolute atomic E-state index is 10.6. The van der Waals surface area contributed by atoms with E-state index in [1.165, 1.54) is 18.2 Å². The molecule has 0 saturated heterocycles. The molecule has 0 amide bonds. The Bertz CT molecular complexity index is 432. The molecule has 0 unspecified atom stereocenters. The molecule has 0 bridgehead atoms. The van der Waals surface area contributed by atoms with Crippen LogP contribution >= 0.6 is 11.6 Å². The maximum Gasteiger partial charge on any atom is 0.269 e. The zero-order chi connectivity index (χ0) is 12.3. The predicted octanol–water partition coefficient (Wildman–Crippen LogP) is 3.21. The van der Waals surface area contributed by atoms with Crippen molar-refractivity contribution in [1.82, 2.24) is 0 Å². The van der Waals surface area contributed by atoms with Crippen molar-refractivity contribution in [3.05, 3.63) is 51.1 Å². The van der Waals surface area contributed by atoms with E-state index in [2.05, 4.69) is 6.58 Å². The first kappa shape index (κ1) is 12.7. The van der Waals surface area contributed by atoms with Gasteiger partial charge in [0.1, 0.15) is 0 Å². The molecule has 0 radical (unpaired) electrons. The summed E-state index contributed by atoms with van der Waals surface area (Å²) >= 11 is 5.95. The summed E-state index contributed by atoms with van der Waals surface area (Å²) in [6.45, 7) is 5.60. The first-order valence-corrected chi connectivity index (χ1v) is 5.13. The van der Waals surface area contributed by atoms with E-state index in [9.17, 15) is 10.1 Å². The molecule has 0 aliphatic carbocycles. The number of halogens is 1. The average molecular weight is 241 g/mol. The van der Waals surface area contributed by atoms with Crippen molar-refractivity contribution in [1.29, 1.82) is 0 Å². The number of nitrogens with zero attached hydrogens (tertiary/aromatic N) is 1. The highest BCUT2D eigenvalue weighted by Gasteiger charge is 2.15. The molecular weight excluding hydrogens is 228 g/mol. The first-order chi connectivity index (χ1) is 7.41. The van der Waals surface area contributed by atoms with Gasteiger partial charge in [-0.25, -0.2) is 0 Å². The predicted molar refractivity (Wildman–Crippen MR) is 64.5 cm³/mol. The second-order valence-electron chi connectivity index (χ2n) is 3.73. The van der Waals surface area contributed by atoms with E-state index in [4.69, 9.17) is 17.3 Å². The molecule has 86 valence electrons. The maximum atomic E-state index is 10.6. The van der Waals surface area contributed by atoms with Crippen molar-refractivity contribution >= 4 is 17.3 Å². The topological polar surface area (TPSA) is 69.2 Å². The molecule has 2 N–H and O–H groups in total. The Morgan fingerprint density at radius 2 is 2.31 bits per heavy atom. The lowest BCUT2D eigenvalue weighted by Crippen LogP contribution is -2.11. The largest absolute Gasteiger partial charge is 0.324 e. The third-order valence-electron chi connectivity index (χ3n) is 2.16. The molecule has 0 aliphatic rings. The van der Waals surface area contributed by atoms with E-state index in [0.29, 0.717) is 17.0 Å². The summed E-state index contributed by atoms with van der Waals surface area (Å²) in [4.78, 5) is 10.1. The monoisotopic (exact) mass is 240 g/mol. The van der Waals surface area contributed by atoms with Crippen LogP contribution in [-0.2, 0) is 0 Å². The van der Waals surface area contributed by atoms with Crippen LogP contribution in [0.3, 0.4) is 0 Å². The van der Waals surface area contributed by atoms with E-state index in [0.717, 1.165) is 5.57 Å². The Labute approximate surface area is 98.9 Å². The van der Waals surface area contributed by atoms with E-state index < -0.39 is 4.92 Å². The van der Waals surface area contributed by atoms with Crippen molar-refractivity contribution < 1.29 is 4.92 Å². The standard InChI is InChI=1S/C11H13ClN2O2/c1-7(2)5-11(13)9-6-8(14(15)16)3-4-10(9)12/h3-4,6,11H,1,5,13H2,2H3/t11-/m0/s1. The first-order valence-electron chi connectivity index (χ1n) is 4.75. The van der Waals surface area contributed by atoms with Gasteiger partial charge in [-0.15, -0.1) is 6.58 Å². The van der Waals surface area contributed by atoms with Crippen LogP contribution in [0, 0.1) is 10.1 Å². The lowest BCUT2D eigenvalue weighted by Gasteiger charge is -2.13. The fourth-order valence-corrected chi connectivity index (χ4v) is 1.67. The Morgan fingerprint density at radius 1 is 1.69 bits per heavy atom. The van der Waals surface area contributed by atoms with Crippen LogP contribution in [0.2, 0.25) is 5.02 Å².